The van der Waals surface area contributed by atoms with E-state index in [1.807, 2.05) is 25.1 Å². The van der Waals surface area contributed by atoms with E-state index >= 15 is 0 Å². The lowest BCUT2D eigenvalue weighted by molar-refractivity contribution is -0.142. The van der Waals surface area contributed by atoms with Gasteiger partial charge in [0.1, 0.15) is 5.41 Å². The van der Waals surface area contributed by atoms with E-state index in [1.165, 1.54) is 11.1 Å². The standard InChI is InChI=1S/C15H17BrN2O2/c1-9-5-6-11(7-10(9)2)18-8-12(16)13(17-18)15(3,4)14(19)20/h5-8H,1-4H3,(H,19,20). The van der Waals surface area contributed by atoms with Crippen LogP contribution in [-0.2, 0) is 10.2 Å². The summed E-state index contributed by atoms with van der Waals surface area (Å²) < 4.78 is 2.40. The summed E-state index contributed by atoms with van der Waals surface area (Å²) in [5, 5.41) is 13.7. The number of aliphatic carboxylic acids is 1. The first-order valence-electron chi connectivity index (χ1n) is 6.30. The lowest BCUT2D eigenvalue weighted by atomic mass is 9.90. The van der Waals surface area contributed by atoms with Gasteiger partial charge >= 0.3 is 5.97 Å². The molecule has 0 aliphatic rings. The van der Waals surface area contributed by atoms with Crippen molar-refractivity contribution in [3.63, 3.8) is 0 Å². The van der Waals surface area contributed by atoms with E-state index in [0.717, 1.165) is 5.69 Å². The summed E-state index contributed by atoms with van der Waals surface area (Å²) in [5.41, 5.74) is 2.78. The van der Waals surface area contributed by atoms with Crippen LogP contribution in [0.1, 0.15) is 30.7 Å². The van der Waals surface area contributed by atoms with Crippen molar-refractivity contribution in [2.75, 3.05) is 0 Å². The van der Waals surface area contributed by atoms with Crippen molar-refractivity contribution < 1.29 is 9.90 Å². The van der Waals surface area contributed by atoms with Gasteiger partial charge in [-0.3, -0.25) is 4.79 Å². The van der Waals surface area contributed by atoms with Crippen molar-refractivity contribution in [2.45, 2.75) is 33.1 Å². The van der Waals surface area contributed by atoms with Crippen molar-refractivity contribution in [3.05, 3.63) is 45.7 Å². The second-order valence-corrected chi connectivity index (χ2v) is 6.32. The molecule has 0 amide bonds. The average molecular weight is 337 g/mol. The highest BCUT2D eigenvalue weighted by molar-refractivity contribution is 9.10. The van der Waals surface area contributed by atoms with Gasteiger partial charge < -0.3 is 5.11 Å². The molecular weight excluding hydrogens is 320 g/mol. The van der Waals surface area contributed by atoms with Crippen molar-refractivity contribution >= 4 is 21.9 Å². The molecule has 0 radical (unpaired) electrons. The van der Waals surface area contributed by atoms with Gasteiger partial charge in [-0.25, -0.2) is 4.68 Å². The molecule has 0 saturated carbocycles. The lowest BCUT2D eigenvalue weighted by Crippen LogP contribution is -2.29. The fourth-order valence-corrected chi connectivity index (χ4v) is 2.65. The third kappa shape index (κ3) is 2.50. The first-order chi connectivity index (χ1) is 9.23. The minimum absolute atomic E-state index is 0.517. The first kappa shape index (κ1) is 14.8. The molecule has 20 heavy (non-hydrogen) atoms. The van der Waals surface area contributed by atoms with Crippen molar-refractivity contribution in [2.24, 2.45) is 0 Å². The van der Waals surface area contributed by atoms with Crippen LogP contribution in [0.5, 0.6) is 0 Å². The maximum absolute atomic E-state index is 11.3. The van der Waals surface area contributed by atoms with E-state index in [2.05, 4.69) is 28.0 Å². The van der Waals surface area contributed by atoms with E-state index in [1.54, 1.807) is 24.7 Å². The molecular formula is C15H17BrN2O2. The van der Waals surface area contributed by atoms with Crippen LogP contribution in [0.25, 0.3) is 5.69 Å². The zero-order valence-corrected chi connectivity index (χ0v) is 13.5. The molecule has 0 atom stereocenters. The number of carboxylic acid groups (broad SMARTS) is 1. The molecule has 1 N–H and O–H groups in total. The molecule has 0 fully saturated rings. The van der Waals surface area contributed by atoms with Crippen LogP contribution in [0.4, 0.5) is 0 Å². The Morgan fingerprint density at radius 3 is 2.50 bits per heavy atom. The number of halogens is 1. The van der Waals surface area contributed by atoms with Gasteiger partial charge in [0.25, 0.3) is 0 Å². The number of carbonyl (C=O) groups is 1. The van der Waals surface area contributed by atoms with Gasteiger partial charge in [0, 0.05) is 6.20 Å². The fraction of sp³-hybridized carbons (Fsp3) is 0.333. The molecule has 2 aromatic rings. The summed E-state index contributed by atoms with van der Waals surface area (Å²) >= 11 is 3.40. The van der Waals surface area contributed by atoms with Crippen LogP contribution in [0.2, 0.25) is 0 Å². The van der Waals surface area contributed by atoms with Crippen LogP contribution in [0.15, 0.2) is 28.9 Å². The summed E-state index contributed by atoms with van der Waals surface area (Å²) in [5.74, 6) is -0.900. The zero-order valence-electron chi connectivity index (χ0n) is 11.9. The molecule has 0 bridgehead atoms. The Morgan fingerprint density at radius 1 is 1.30 bits per heavy atom. The van der Waals surface area contributed by atoms with Gasteiger partial charge in [-0.05, 0) is 66.9 Å². The van der Waals surface area contributed by atoms with Gasteiger partial charge in [0.2, 0.25) is 0 Å². The average Bonchev–Trinajstić information content (AvgIpc) is 2.75. The van der Waals surface area contributed by atoms with Gasteiger partial charge in [-0.1, -0.05) is 6.07 Å². The number of aryl methyl sites for hydroxylation is 2. The Bertz CT molecular complexity index is 675. The molecule has 2 rings (SSSR count). The smallest absolute Gasteiger partial charge is 0.315 e. The van der Waals surface area contributed by atoms with Crippen LogP contribution >= 0.6 is 15.9 Å². The fourth-order valence-electron chi connectivity index (χ4n) is 1.88. The molecule has 4 nitrogen and oxygen atoms in total. The molecule has 0 saturated heterocycles. The predicted octanol–water partition coefficient (Wildman–Crippen LogP) is 3.61. The van der Waals surface area contributed by atoms with Crippen LogP contribution in [0.3, 0.4) is 0 Å². The maximum Gasteiger partial charge on any atom is 0.315 e. The second kappa shape index (κ2) is 5.05. The normalized spacial score (nSPS) is 11.7. The molecule has 1 aromatic carbocycles. The van der Waals surface area contributed by atoms with E-state index < -0.39 is 11.4 Å². The van der Waals surface area contributed by atoms with Crippen molar-refractivity contribution in [3.8, 4) is 5.69 Å². The Kier molecular flexibility index (Phi) is 3.73. The second-order valence-electron chi connectivity index (χ2n) is 5.47. The first-order valence-corrected chi connectivity index (χ1v) is 7.09. The van der Waals surface area contributed by atoms with E-state index in [4.69, 9.17) is 0 Å². The van der Waals surface area contributed by atoms with E-state index in [-0.39, 0.29) is 0 Å². The van der Waals surface area contributed by atoms with E-state index in [9.17, 15) is 9.90 Å². The largest absolute Gasteiger partial charge is 0.481 e. The summed E-state index contributed by atoms with van der Waals surface area (Å²) in [6.45, 7) is 7.39. The highest BCUT2D eigenvalue weighted by Crippen LogP contribution is 2.30. The van der Waals surface area contributed by atoms with Crippen LogP contribution in [0, 0.1) is 13.8 Å². The molecule has 0 spiro atoms. The highest BCUT2D eigenvalue weighted by atomic mass is 79.9. The third-order valence-electron chi connectivity index (χ3n) is 3.55. The Balaban J connectivity index is 2.51. The minimum atomic E-state index is -1.04. The Hall–Kier alpha value is -1.62. The number of rotatable bonds is 3. The Labute approximate surface area is 126 Å². The number of hydrogen-bond donors (Lipinski definition) is 1. The van der Waals surface area contributed by atoms with Gasteiger partial charge in [0.05, 0.1) is 15.9 Å². The third-order valence-corrected chi connectivity index (χ3v) is 4.13. The quantitative estimate of drug-likeness (QED) is 0.931. The summed E-state index contributed by atoms with van der Waals surface area (Å²) in [7, 11) is 0. The number of carboxylic acids is 1. The number of benzene rings is 1. The maximum atomic E-state index is 11.3. The minimum Gasteiger partial charge on any atom is -0.481 e. The molecule has 0 aliphatic carbocycles. The van der Waals surface area contributed by atoms with Crippen LogP contribution < -0.4 is 0 Å². The van der Waals surface area contributed by atoms with Crippen LogP contribution in [-0.4, -0.2) is 20.9 Å². The monoisotopic (exact) mass is 336 g/mol. The molecule has 0 unspecified atom stereocenters. The number of aromatic nitrogens is 2. The topological polar surface area (TPSA) is 55.1 Å². The molecule has 0 aliphatic heterocycles. The number of nitrogens with zero attached hydrogens (tertiary/aromatic N) is 2. The zero-order chi connectivity index (χ0) is 15.1. The molecule has 106 valence electrons. The molecule has 1 heterocycles. The Morgan fingerprint density at radius 2 is 1.95 bits per heavy atom. The van der Waals surface area contributed by atoms with Crippen molar-refractivity contribution in [1.29, 1.82) is 0 Å². The predicted molar refractivity (Wildman–Crippen MR) is 81.4 cm³/mol. The van der Waals surface area contributed by atoms with Gasteiger partial charge in [-0.2, -0.15) is 5.10 Å². The molecule has 1 aromatic heterocycles. The van der Waals surface area contributed by atoms with E-state index in [0.29, 0.717) is 10.2 Å². The summed E-state index contributed by atoms with van der Waals surface area (Å²) in [6, 6.07) is 6.04. The highest BCUT2D eigenvalue weighted by Gasteiger charge is 2.34. The number of hydrogen-bond acceptors (Lipinski definition) is 2. The van der Waals surface area contributed by atoms with Gasteiger partial charge in [0.15, 0.2) is 0 Å². The lowest BCUT2D eigenvalue weighted by Gasteiger charge is -2.16. The van der Waals surface area contributed by atoms with Crippen molar-refractivity contribution in [1.82, 2.24) is 9.78 Å². The SMILES string of the molecule is Cc1ccc(-n2cc(Br)c(C(C)(C)C(=O)O)n2)cc1C. The summed E-state index contributed by atoms with van der Waals surface area (Å²) in [4.78, 5) is 11.3. The molecule has 5 heteroatoms. The van der Waals surface area contributed by atoms with Gasteiger partial charge in [-0.15, -0.1) is 0 Å². The summed E-state index contributed by atoms with van der Waals surface area (Å²) in [6.07, 6.45) is 1.80.